The van der Waals surface area contributed by atoms with E-state index in [-0.39, 0.29) is 28.4 Å². The van der Waals surface area contributed by atoms with Crippen LogP contribution in [0, 0.1) is 11.6 Å². The highest BCUT2D eigenvalue weighted by Gasteiger charge is 2.18. The second kappa shape index (κ2) is 9.74. The Morgan fingerprint density at radius 2 is 1.67 bits per heavy atom. The van der Waals surface area contributed by atoms with Gasteiger partial charge >= 0.3 is 0 Å². The normalized spacial score (nSPS) is 10.8. The maximum atomic E-state index is 14.5. The minimum atomic E-state index is -0.946. The minimum Gasteiger partial charge on any atom is -0.295 e. The number of carbonyl (C=O) groups excluding carboxylic acids is 2. The van der Waals surface area contributed by atoms with E-state index in [1.165, 1.54) is 0 Å². The van der Waals surface area contributed by atoms with Crippen molar-refractivity contribution < 1.29 is 18.4 Å². The average molecular weight is 465 g/mol. The summed E-state index contributed by atoms with van der Waals surface area (Å²) >= 11 is 0.867. The van der Waals surface area contributed by atoms with Crippen molar-refractivity contribution in [1.29, 1.82) is 0 Å². The van der Waals surface area contributed by atoms with E-state index in [2.05, 4.69) is 10.3 Å². The molecule has 3 aromatic carbocycles. The first-order chi connectivity index (χ1) is 15.9. The van der Waals surface area contributed by atoms with Gasteiger partial charge in [0.15, 0.2) is 5.16 Å². The number of hydrogen-bond donors (Lipinski definition) is 1. The lowest BCUT2D eigenvalue weighted by molar-refractivity contribution is -0.128. The van der Waals surface area contributed by atoms with E-state index < -0.39 is 29.0 Å². The Labute approximate surface area is 191 Å². The molecule has 33 heavy (non-hydrogen) atoms. The largest absolute Gasteiger partial charge is 0.295 e. The van der Waals surface area contributed by atoms with Crippen LogP contribution >= 0.6 is 11.8 Å². The number of halogens is 2. The zero-order chi connectivity index (χ0) is 23.4. The van der Waals surface area contributed by atoms with Crippen molar-refractivity contribution in [2.24, 2.45) is 0 Å². The van der Waals surface area contributed by atoms with Gasteiger partial charge in [0.25, 0.3) is 5.56 Å². The smallest absolute Gasteiger partial charge is 0.266 e. The Kier molecular flexibility index (Phi) is 6.60. The zero-order valence-electron chi connectivity index (χ0n) is 17.1. The molecule has 6 nitrogen and oxygen atoms in total. The molecule has 0 unspecified atom stereocenters. The molecule has 9 heteroatoms. The van der Waals surface area contributed by atoms with Gasteiger partial charge in [0.2, 0.25) is 11.8 Å². The Morgan fingerprint density at radius 1 is 0.939 bits per heavy atom. The molecule has 0 spiro atoms. The summed E-state index contributed by atoms with van der Waals surface area (Å²) in [5, 5.41) is 2.57. The Morgan fingerprint density at radius 3 is 2.42 bits per heavy atom. The van der Waals surface area contributed by atoms with Gasteiger partial charge in [-0.1, -0.05) is 54.2 Å². The van der Waals surface area contributed by atoms with Crippen molar-refractivity contribution in [3.8, 4) is 5.69 Å². The van der Waals surface area contributed by atoms with Crippen molar-refractivity contribution in [2.45, 2.75) is 11.6 Å². The van der Waals surface area contributed by atoms with Gasteiger partial charge < -0.3 is 0 Å². The molecular formula is C24H17F2N3O3S. The molecule has 0 saturated carbocycles. The fourth-order valence-corrected chi connectivity index (χ4v) is 4.04. The van der Waals surface area contributed by atoms with E-state index in [0.29, 0.717) is 11.6 Å². The molecule has 1 heterocycles. The summed E-state index contributed by atoms with van der Waals surface area (Å²) in [5.74, 6) is -3.04. The van der Waals surface area contributed by atoms with Crippen LogP contribution in [0.1, 0.15) is 5.56 Å². The maximum absolute atomic E-state index is 14.5. The van der Waals surface area contributed by atoms with Gasteiger partial charge in [-0.15, -0.1) is 0 Å². The second-order valence-electron chi connectivity index (χ2n) is 7.07. The third-order valence-corrected chi connectivity index (χ3v) is 5.65. The summed E-state index contributed by atoms with van der Waals surface area (Å²) in [6.45, 7) is 0. The number of amides is 2. The highest BCUT2D eigenvalue weighted by atomic mass is 32.2. The zero-order valence-corrected chi connectivity index (χ0v) is 17.9. The summed E-state index contributed by atoms with van der Waals surface area (Å²) in [6, 6.07) is 18.3. The number of thioether (sulfide) groups is 1. The summed E-state index contributed by atoms with van der Waals surface area (Å²) in [4.78, 5) is 42.0. The highest BCUT2D eigenvalue weighted by molar-refractivity contribution is 7.99. The number of rotatable bonds is 6. The minimum absolute atomic E-state index is 0.0369. The highest BCUT2D eigenvalue weighted by Crippen LogP contribution is 2.23. The van der Waals surface area contributed by atoms with Crippen LogP contribution in [0.3, 0.4) is 0 Å². The van der Waals surface area contributed by atoms with Crippen LogP contribution in [-0.2, 0) is 16.0 Å². The number of para-hydroxylation sites is 1. The number of benzene rings is 3. The molecular weight excluding hydrogens is 448 g/mol. The number of carbonyl (C=O) groups is 2. The van der Waals surface area contributed by atoms with Crippen LogP contribution in [0.15, 0.2) is 82.7 Å². The van der Waals surface area contributed by atoms with Gasteiger partial charge in [0.1, 0.15) is 11.6 Å². The van der Waals surface area contributed by atoms with Crippen LogP contribution in [0.5, 0.6) is 0 Å². The van der Waals surface area contributed by atoms with E-state index in [1.807, 2.05) is 6.07 Å². The molecule has 0 fully saturated rings. The van der Waals surface area contributed by atoms with Crippen LogP contribution in [0.25, 0.3) is 16.6 Å². The fourth-order valence-electron chi connectivity index (χ4n) is 3.23. The van der Waals surface area contributed by atoms with Crippen molar-refractivity contribution in [2.75, 3.05) is 5.75 Å². The third-order valence-electron chi connectivity index (χ3n) is 4.71. The van der Waals surface area contributed by atoms with Gasteiger partial charge in [-0.2, -0.15) is 0 Å². The molecule has 0 aliphatic carbocycles. The van der Waals surface area contributed by atoms with E-state index in [4.69, 9.17) is 0 Å². The third kappa shape index (κ3) is 5.15. The first-order valence-electron chi connectivity index (χ1n) is 9.89. The van der Waals surface area contributed by atoms with Crippen LogP contribution < -0.4 is 10.9 Å². The molecule has 0 saturated heterocycles. The maximum Gasteiger partial charge on any atom is 0.266 e. The molecule has 0 aliphatic heterocycles. The Hall–Kier alpha value is -3.85. The quantitative estimate of drug-likeness (QED) is 0.347. The predicted octanol–water partition coefficient (Wildman–Crippen LogP) is 3.64. The van der Waals surface area contributed by atoms with E-state index in [9.17, 15) is 23.2 Å². The topological polar surface area (TPSA) is 81.1 Å². The molecule has 4 aromatic rings. The monoisotopic (exact) mass is 465 g/mol. The van der Waals surface area contributed by atoms with Crippen molar-refractivity contribution in [3.05, 3.63) is 100 Å². The van der Waals surface area contributed by atoms with Gasteiger partial charge in [0, 0.05) is 6.07 Å². The average Bonchev–Trinajstić information content (AvgIpc) is 2.79. The van der Waals surface area contributed by atoms with E-state index in [1.54, 1.807) is 48.5 Å². The SMILES string of the molecule is O=C(CSc1nc2ccccc2c(=O)n1-c1ccc(F)cc1F)NC(=O)Cc1ccccc1. The first-order valence-corrected chi connectivity index (χ1v) is 10.9. The van der Waals surface area contributed by atoms with Crippen LogP contribution in [0.2, 0.25) is 0 Å². The molecule has 1 N–H and O–H groups in total. The standard InChI is InChI=1S/C24H17F2N3O3S/c25-16-10-11-20(18(26)13-16)29-23(32)17-8-4-5-9-19(17)27-24(29)33-14-22(31)28-21(30)12-15-6-2-1-3-7-15/h1-11,13H,12,14H2,(H,28,30,31). The van der Waals surface area contributed by atoms with E-state index >= 15 is 0 Å². The van der Waals surface area contributed by atoms with Crippen molar-refractivity contribution >= 4 is 34.5 Å². The molecule has 0 atom stereocenters. The van der Waals surface area contributed by atoms with E-state index in [0.717, 1.165) is 34.0 Å². The molecule has 166 valence electrons. The number of fused-ring (bicyclic) bond motifs is 1. The number of hydrogen-bond acceptors (Lipinski definition) is 5. The molecule has 1 aromatic heterocycles. The summed E-state index contributed by atoms with van der Waals surface area (Å²) in [7, 11) is 0. The Balaban J connectivity index is 1.59. The lowest BCUT2D eigenvalue weighted by Crippen LogP contribution is -2.33. The lowest BCUT2D eigenvalue weighted by atomic mass is 10.1. The summed E-state index contributed by atoms with van der Waals surface area (Å²) in [5.41, 5.74) is 0.369. The Bertz CT molecular complexity index is 1410. The van der Waals surface area contributed by atoms with Crippen LogP contribution in [0.4, 0.5) is 8.78 Å². The number of nitrogens with zero attached hydrogens (tertiary/aromatic N) is 2. The van der Waals surface area contributed by atoms with Gasteiger partial charge in [0.05, 0.1) is 28.8 Å². The fraction of sp³-hybridized carbons (Fsp3) is 0.0833. The van der Waals surface area contributed by atoms with Gasteiger partial charge in [-0.05, 0) is 29.8 Å². The predicted molar refractivity (Wildman–Crippen MR) is 121 cm³/mol. The van der Waals surface area contributed by atoms with Crippen LogP contribution in [-0.4, -0.2) is 27.1 Å². The molecule has 0 bridgehead atoms. The number of aromatic nitrogens is 2. The molecule has 0 aliphatic rings. The van der Waals surface area contributed by atoms with Gasteiger partial charge in [-0.25, -0.2) is 13.8 Å². The number of imide groups is 1. The first kappa shape index (κ1) is 22.3. The summed E-state index contributed by atoms with van der Waals surface area (Å²) < 4.78 is 28.9. The summed E-state index contributed by atoms with van der Waals surface area (Å²) in [6.07, 6.45) is 0.0387. The van der Waals surface area contributed by atoms with Crippen molar-refractivity contribution in [1.82, 2.24) is 14.9 Å². The lowest BCUT2D eigenvalue weighted by Gasteiger charge is -2.14. The second-order valence-corrected chi connectivity index (χ2v) is 8.01. The molecule has 0 radical (unpaired) electrons. The van der Waals surface area contributed by atoms with Crippen molar-refractivity contribution in [3.63, 3.8) is 0 Å². The molecule has 4 rings (SSSR count). The molecule has 2 amide bonds. The van der Waals surface area contributed by atoms with Gasteiger partial charge in [-0.3, -0.25) is 24.3 Å². The number of nitrogens with one attached hydrogen (secondary N) is 1.